The molecular formula is C14H18N2O. The molecule has 1 aliphatic carbocycles. The van der Waals surface area contributed by atoms with E-state index in [1.165, 1.54) is 12.0 Å². The molecule has 1 heterocycles. The highest BCUT2D eigenvalue weighted by atomic mass is 16.3. The SMILES string of the molecule is CCC1Cc2c([nH]c3ccc(O)cc23)C(N)C1. The molecule has 0 saturated carbocycles. The van der Waals surface area contributed by atoms with Gasteiger partial charge in [-0.05, 0) is 42.5 Å². The maximum absolute atomic E-state index is 9.59. The van der Waals surface area contributed by atoms with Gasteiger partial charge in [0, 0.05) is 22.6 Å². The number of hydrogen-bond acceptors (Lipinski definition) is 2. The number of phenols is 1. The zero-order valence-corrected chi connectivity index (χ0v) is 10.0. The van der Waals surface area contributed by atoms with Crippen molar-refractivity contribution in [2.24, 2.45) is 11.7 Å². The van der Waals surface area contributed by atoms with E-state index in [9.17, 15) is 5.11 Å². The van der Waals surface area contributed by atoms with Gasteiger partial charge in [0.25, 0.3) is 0 Å². The number of fused-ring (bicyclic) bond motifs is 3. The third-order valence-corrected chi connectivity index (χ3v) is 3.95. The lowest BCUT2D eigenvalue weighted by atomic mass is 9.82. The summed E-state index contributed by atoms with van der Waals surface area (Å²) in [6.45, 7) is 2.22. The van der Waals surface area contributed by atoms with E-state index in [2.05, 4.69) is 11.9 Å². The average molecular weight is 230 g/mol. The highest BCUT2D eigenvalue weighted by molar-refractivity contribution is 5.86. The summed E-state index contributed by atoms with van der Waals surface area (Å²) in [5, 5.41) is 10.7. The van der Waals surface area contributed by atoms with Gasteiger partial charge >= 0.3 is 0 Å². The van der Waals surface area contributed by atoms with Crippen LogP contribution in [0.15, 0.2) is 18.2 Å². The molecule has 0 fully saturated rings. The van der Waals surface area contributed by atoms with Crippen LogP contribution in [0, 0.1) is 5.92 Å². The summed E-state index contributed by atoms with van der Waals surface area (Å²) in [5.74, 6) is 0.991. The molecule has 2 atom stereocenters. The van der Waals surface area contributed by atoms with Crippen LogP contribution in [-0.2, 0) is 6.42 Å². The van der Waals surface area contributed by atoms with Gasteiger partial charge in [0.2, 0.25) is 0 Å². The predicted molar refractivity (Wildman–Crippen MR) is 69.0 cm³/mol. The van der Waals surface area contributed by atoms with Crippen molar-refractivity contribution in [1.82, 2.24) is 4.98 Å². The molecule has 0 aliphatic heterocycles. The molecule has 3 nitrogen and oxygen atoms in total. The lowest BCUT2D eigenvalue weighted by Gasteiger charge is -2.26. The summed E-state index contributed by atoms with van der Waals surface area (Å²) in [6, 6.07) is 5.59. The van der Waals surface area contributed by atoms with E-state index in [0.717, 1.165) is 29.4 Å². The average Bonchev–Trinajstić information content (AvgIpc) is 2.68. The van der Waals surface area contributed by atoms with E-state index in [1.807, 2.05) is 12.1 Å². The van der Waals surface area contributed by atoms with E-state index in [-0.39, 0.29) is 6.04 Å². The molecule has 3 heteroatoms. The Morgan fingerprint density at radius 2 is 2.29 bits per heavy atom. The van der Waals surface area contributed by atoms with Crippen LogP contribution in [0.25, 0.3) is 10.9 Å². The second-order valence-electron chi connectivity index (χ2n) is 5.07. The minimum Gasteiger partial charge on any atom is -0.508 e. The maximum atomic E-state index is 9.59. The fraction of sp³-hybridized carbons (Fsp3) is 0.429. The standard InChI is InChI=1S/C14H18N2O/c1-2-8-5-11-10-7-9(17)3-4-13(10)16-14(11)12(15)6-8/h3-4,7-8,12,16-17H,2,5-6,15H2,1H3. The number of benzene rings is 1. The van der Waals surface area contributed by atoms with Gasteiger partial charge < -0.3 is 15.8 Å². The molecule has 0 radical (unpaired) electrons. The summed E-state index contributed by atoms with van der Waals surface area (Å²) in [5.41, 5.74) is 9.77. The molecule has 17 heavy (non-hydrogen) atoms. The fourth-order valence-corrected chi connectivity index (χ4v) is 2.95. The fourth-order valence-electron chi connectivity index (χ4n) is 2.95. The number of aromatic amines is 1. The van der Waals surface area contributed by atoms with Crippen LogP contribution in [0.1, 0.15) is 37.1 Å². The number of H-pyrrole nitrogens is 1. The van der Waals surface area contributed by atoms with Crippen molar-refractivity contribution >= 4 is 10.9 Å². The van der Waals surface area contributed by atoms with Crippen molar-refractivity contribution in [3.63, 3.8) is 0 Å². The number of hydrogen-bond donors (Lipinski definition) is 3. The van der Waals surface area contributed by atoms with Crippen LogP contribution in [0.5, 0.6) is 5.75 Å². The van der Waals surface area contributed by atoms with Crippen molar-refractivity contribution in [3.05, 3.63) is 29.5 Å². The molecule has 2 unspecified atom stereocenters. The van der Waals surface area contributed by atoms with Gasteiger partial charge in [0.1, 0.15) is 5.75 Å². The molecule has 1 aromatic carbocycles. The maximum Gasteiger partial charge on any atom is 0.116 e. The Bertz CT molecular complexity index is 559. The molecule has 0 saturated heterocycles. The van der Waals surface area contributed by atoms with E-state index in [4.69, 9.17) is 5.73 Å². The first kappa shape index (κ1) is 10.7. The van der Waals surface area contributed by atoms with Crippen molar-refractivity contribution in [3.8, 4) is 5.75 Å². The lowest BCUT2D eigenvalue weighted by molar-refractivity contribution is 0.394. The number of aromatic nitrogens is 1. The minimum absolute atomic E-state index is 0.109. The summed E-state index contributed by atoms with van der Waals surface area (Å²) >= 11 is 0. The molecule has 4 N–H and O–H groups in total. The van der Waals surface area contributed by atoms with E-state index < -0.39 is 0 Å². The number of phenolic OH excluding ortho intramolecular Hbond substituents is 1. The molecule has 90 valence electrons. The highest BCUT2D eigenvalue weighted by Gasteiger charge is 2.26. The second-order valence-corrected chi connectivity index (χ2v) is 5.07. The monoisotopic (exact) mass is 230 g/mol. The largest absolute Gasteiger partial charge is 0.508 e. The quantitative estimate of drug-likeness (QED) is 0.705. The number of rotatable bonds is 1. The molecule has 3 rings (SSSR count). The molecule has 0 bridgehead atoms. The van der Waals surface area contributed by atoms with Crippen LogP contribution >= 0.6 is 0 Å². The smallest absolute Gasteiger partial charge is 0.116 e. The van der Waals surface area contributed by atoms with Gasteiger partial charge in [-0.3, -0.25) is 0 Å². The summed E-state index contributed by atoms with van der Waals surface area (Å²) in [6.07, 6.45) is 3.30. The van der Waals surface area contributed by atoms with Crippen LogP contribution in [-0.4, -0.2) is 10.1 Å². The van der Waals surface area contributed by atoms with Gasteiger partial charge in [0.05, 0.1) is 0 Å². The summed E-state index contributed by atoms with van der Waals surface area (Å²) in [7, 11) is 0. The zero-order chi connectivity index (χ0) is 12.0. The van der Waals surface area contributed by atoms with Gasteiger partial charge in [-0.2, -0.15) is 0 Å². The van der Waals surface area contributed by atoms with Crippen LogP contribution in [0.3, 0.4) is 0 Å². The first-order valence-corrected chi connectivity index (χ1v) is 6.28. The molecule has 2 aromatic rings. The van der Waals surface area contributed by atoms with Crippen molar-refractivity contribution in [2.45, 2.75) is 32.2 Å². The van der Waals surface area contributed by atoms with Gasteiger partial charge in [-0.15, -0.1) is 0 Å². The topological polar surface area (TPSA) is 62.0 Å². The normalized spacial score (nSPS) is 23.9. The Balaban J connectivity index is 2.19. The molecule has 0 spiro atoms. The summed E-state index contributed by atoms with van der Waals surface area (Å²) in [4.78, 5) is 3.40. The summed E-state index contributed by atoms with van der Waals surface area (Å²) < 4.78 is 0. The van der Waals surface area contributed by atoms with Crippen molar-refractivity contribution in [1.29, 1.82) is 0 Å². The molecule has 1 aliphatic rings. The lowest BCUT2D eigenvalue weighted by Crippen LogP contribution is -2.23. The minimum atomic E-state index is 0.109. The number of nitrogens with two attached hydrogens (primary N) is 1. The Kier molecular flexibility index (Phi) is 2.37. The Hall–Kier alpha value is -1.48. The second kappa shape index (κ2) is 3.77. The van der Waals surface area contributed by atoms with E-state index in [0.29, 0.717) is 11.7 Å². The zero-order valence-electron chi connectivity index (χ0n) is 10.0. The first-order chi connectivity index (χ1) is 8.19. The van der Waals surface area contributed by atoms with E-state index >= 15 is 0 Å². The van der Waals surface area contributed by atoms with Crippen LogP contribution in [0.2, 0.25) is 0 Å². The van der Waals surface area contributed by atoms with Crippen molar-refractivity contribution in [2.75, 3.05) is 0 Å². The molecule has 0 amide bonds. The van der Waals surface area contributed by atoms with Gasteiger partial charge in [-0.1, -0.05) is 13.3 Å². The number of nitrogens with one attached hydrogen (secondary N) is 1. The van der Waals surface area contributed by atoms with Crippen LogP contribution < -0.4 is 5.73 Å². The predicted octanol–water partition coefficient (Wildman–Crippen LogP) is 2.85. The Labute approximate surface area is 101 Å². The van der Waals surface area contributed by atoms with Crippen LogP contribution in [0.4, 0.5) is 0 Å². The third kappa shape index (κ3) is 1.62. The highest BCUT2D eigenvalue weighted by Crippen LogP contribution is 2.38. The molecular weight excluding hydrogens is 212 g/mol. The molecule has 1 aromatic heterocycles. The van der Waals surface area contributed by atoms with Gasteiger partial charge in [-0.25, -0.2) is 0 Å². The third-order valence-electron chi connectivity index (χ3n) is 3.95. The Morgan fingerprint density at radius 3 is 3.06 bits per heavy atom. The number of aromatic hydroxyl groups is 1. The Morgan fingerprint density at radius 1 is 1.47 bits per heavy atom. The van der Waals surface area contributed by atoms with E-state index in [1.54, 1.807) is 6.07 Å². The van der Waals surface area contributed by atoms with Crippen molar-refractivity contribution < 1.29 is 5.11 Å². The van der Waals surface area contributed by atoms with Gasteiger partial charge in [0.15, 0.2) is 0 Å². The first-order valence-electron chi connectivity index (χ1n) is 6.28.